The summed E-state index contributed by atoms with van der Waals surface area (Å²) in [6.45, 7) is 10.4. The van der Waals surface area contributed by atoms with Crippen molar-refractivity contribution >= 4 is 6.09 Å². The molecule has 2 rings (SSSR count). The lowest BCUT2D eigenvalue weighted by molar-refractivity contribution is 0.0144. The molecule has 1 N–H and O–H groups in total. The molecule has 0 aromatic heterocycles. The summed E-state index contributed by atoms with van der Waals surface area (Å²) in [5.41, 5.74) is 0.0539. The Morgan fingerprint density at radius 1 is 1.19 bits per heavy atom. The van der Waals surface area contributed by atoms with Crippen LogP contribution in [0.15, 0.2) is 0 Å². The maximum atomic E-state index is 12.0. The highest BCUT2D eigenvalue weighted by Crippen LogP contribution is 2.39. The van der Waals surface area contributed by atoms with Gasteiger partial charge in [0, 0.05) is 31.7 Å². The molecule has 2 fully saturated rings. The van der Waals surface area contributed by atoms with Gasteiger partial charge in [-0.15, -0.1) is 0 Å². The average molecular weight is 297 g/mol. The highest BCUT2D eigenvalue weighted by molar-refractivity contribution is 5.68. The standard InChI is InChI=1S/C16H31N3O2/c1-15(2,3)21-14(20)19-12-10-18(11-13-19)9-5-6-16(17-4)7-8-16/h17H,5-13H2,1-4H3. The summed E-state index contributed by atoms with van der Waals surface area (Å²) in [7, 11) is 2.08. The number of amides is 1. The lowest BCUT2D eigenvalue weighted by Crippen LogP contribution is -2.50. The molecule has 0 unspecified atom stereocenters. The van der Waals surface area contributed by atoms with Crippen LogP contribution in [0.5, 0.6) is 0 Å². The van der Waals surface area contributed by atoms with Crippen LogP contribution in [-0.2, 0) is 4.74 Å². The molecule has 2 aliphatic rings. The first-order chi connectivity index (χ1) is 9.84. The number of ether oxygens (including phenoxy) is 1. The molecule has 122 valence electrons. The number of carbonyl (C=O) groups excluding carboxylic acids is 1. The second kappa shape index (κ2) is 6.53. The Labute approximate surface area is 129 Å². The number of carbonyl (C=O) groups is 1. The molecule has 1 saturated carbocycles. The predicted octanol–water partition coefficient (Wildman–Crippen LogP) is 2.07. The minimum absolute atomic E-state index is 0.172. The number of rotatable bonds is 5. The van der Waals surface area contributed by atoms with Crippen molar-refractivity contribution in [3.63, 3.8) is 0 Å². The molecule has 0 bridgehead atoms. The van der Waals surface area contributed by atoms with E-state index in [1.807, 2.05) is 25.7 Å². The quantitative estimate of drug-likeness (QED) is 0.844. The van der Waals surface area contributed by atoms with Gasteiger partial charge in [0.2, 0.25) is 0 Å². The summed E-state index contributed by atoms with van der Waals surface area (Å²) >= 11 is 0. The first-order valence-electron chi connectivity index (χ1n) is 8.23. The Morgan fingerprint density at radius 3 is 2.29 bits per heavy atom. The topological polar surface area (TPSA) is 44.8 Å². The van der Waals surface area contributed by atoms with Crippen molar-refractivity contribution in [2.45, 2.75) is 57.6 Å². The zero-order valence-corrected chi connectivity index (χ0v) is 14.1. The van der Waals surface area contributed by atoms with Gasteiger partial charge in [-0.05, 0) is 60.0 Å². The lowest BCUT2D eigenvalue weighted by atomic mass is 10.1. The van der Waals surface area contributed by atoms with E-state index >= 15 is 0 Å². The van der Waals surface area contributed by atoms with Crippen LogP contribution in [0.25, 0.3) is 0 Å². The number of nitrogens with zero attached hydrogens (tertiary/aromatic N) is 2. The van der Waals surface area contributed by atoms with E-state index in [0.717, 1.165) is 32.7 Å². The molecule has 5 nitrogen and oxygen atoms in total. The number of nitrogens with one attached hydrogen (secondary N) is 1. The van der Waals surface area contributed by atoms with Crippen molar-refractivity contribution < 1.29 is 9.53 Å². The molecule has 21 heavy (non-hydrogen) atoms. The van der Waals surface area contributed by atoms with Gasteiger partial charge in [-0.2, -0.15) is 0 Å². The van der Waals surface area contributed by atoms with E-state index < -0.39 is 5.60 Å². The first kappa shape index (κ1) is 16.6. The Morgan fingerprint density at radius 2 is 1.81 bits per heavy atom. The van der Waals surface area contributed by atoms with Crippen LogP contribution in [0.2, 0.25) is 0 Å². The predicted molar refractivity (Wildman–Crippen MR) is 84.5 cm³/mol. The second-order valence-corrected chi connectivity index (χ2v) is 7.44. The van der Waals surface area contributed by atoms with Crippen LogP contribution in [0.3, 0.4) is 0 Å². The lowest BCUT2D eigenvalue weighted by Gasteiger charge is -2.35. The van der Waals surface area contributed by atoms with E-state index in [9.17, 15) is 4.79 Å². The van der Waals surface area contributed by atoms with Crippen molar-refractivity contribution in [3.8, 4) is 0 Å². The van der Waals surface area contributed by atoms with Gasteiger partial charge in [0.15, 0.2) is 0 Å². The fourth-order valence-corrected chi connectivity index (χ4v) is 2.90. The summed E-state index contributed by atoms with van der Waals surface area (Å²) in [6.07, 6.45) is 5.00. The Hall–Kier alpha value is -0.810. The van der Waals surface area contributed by atoms with E-state index in [1.54, 1.807) is 0 Å². The molecular weight excluding hydrogens is 266 g/mol. The van der Waals surface area contributed by atoms with E-state index in [2.05, 4.69) is 17.3 Å². The number of piperazine rings is 1. The third-order valence-electron chi connectivity index (χ3n) is 4.54. The van der Waals surface area contributed by atoms with Crippen molar-refractivity contribution in [2.75, 3.05) is 39.8 Å². The average Bonchev–Trinajstić information content (AvgIpc) is 3.18. The van der Waals surface area contributed by atoms with Crippen LogP contribution >= 0.6 is 0 Å². The fourth-order valence-electron chi connectivity index (χ4n) is 2.90. The Balaban J connectivity index is 1.63. The smallest absolute Gasteiger partial charge is 0.410 e. The largest absolute Gasteiger partial charge is 0.444 e. The summed E-state index contributed by atoms with van der Waals surface area (Å²) < 4.78 is 5.42. The van der Waals surface area contributed by atoms with Crippen molar-refractivity contribution in [3.05, 3.63) is 0 Å². The zero-order valence-electron chi connectivity index (χ0n) is 14.1. The Bertz CT molecular complexity index is 353. The third-order valence-corrected chi connectivity index (χ3v) is 4.54. The van der Waals surface area contributed by atoms with Crippen molar-refractivity contribution in [1.29, 1.82) is 0 Å². The molecule has 0 atom stereocenters. The van der Waals surface area contributed by atoms with Gasteiger partial charge in [0.25, 0.3) is 0 Å². The Kier molecular flexibility index (Phi) is 5.15. The molecule has 0 aromatic rings. The van der Waals surface area contributed by atoms with Crippen LogP contribution in [0.4, 0.5) is 4.79 Å². The minimum Gasteiger partial charge on any atom is -0.444 e. The van der Waals surface area contributed by atoms with Gasteiger partial charge in [0.1, 0.15) is 5.60 Å². The van der Waals surface area contributed by atoms with E-state index in [1.165, 1.54) is 25.7 Å². The molecule has 1 amide bonds. The van der Waals surface area contributed by atoms with Crippen LogP contribution in [0, 0.1) is 0 Å². The normalized spacial score (nSPS) is 22.2. The molecule has 0 radical (unpaired) electrons. The van der Waals surface area contributed by atoms with E-state index in [0.29, 0.717) is 5.54 Å². The SMILES string of the molecule is CNC1(CCCN2CCN(C(=O)OC(C)(C)C)CC2)CC1. The van der Waals surface area contributed by atoms with Gasteiger partial charge in [0.05, 0.1) is 0 Å². The second-order valence-electron chi connectivity index (χ2n) is 7.44. The first-order valence-corrected chi connectivity index (χ1v) is 8.23. The van der Waals surface area contributed by atoms with Gasteiger partial charge in [-0.1, -0.05) is 0 Å². The molecular formula is C16H31N3O2. The minimum atomic E-state index is -0.403. The molecule has 0 aromatic carbocycles. The molecule has 1 saturated heterocycles. The highest BCUT2D eigenvalue weighted by atomic mass is 16.6. The molecule has 1 aliphatic carbocycles. The van der Waals surface area contributed by atoms with Gasteiger partial charge in [-0.3, -0.25) is 4.90 Å². The number of hydrogen-bond donors (Lipinski definition) is 1. The van der Waals surface area contributed by atoms with Crippen LogP contribution < -0.4 is 5.32 Å². The van der Waals surface area contributed by atoms with Gasteiger partial charge < -0.3 is 15.0 Å². The molecule has 1 aliphatic heterocycles. The number of hydrogen-bond acceptors (Lipinski definition) is 4. The van der Waals surface area contributed by atoms with E-state index in [-0.39, 0.29) is 6.09 Å². The van der Waals surface area contributed by atoms with Gasteiger partial charge in [-0.25, -0.2) is 4.79 Å². The summed E-state index contributed by atoms with van der Waals surface area (Å²) in [6, 6.07) is 0. The monoisotopic (exact) mass is 297 g/mol. The third kappa shape index (κ3) is 5.15. The van der Waals surface area contributed by atoms with Crippen LogP contribution in [-0.4, -0.2) is 66.8 Å². The maximum absolute atomic E-state index is 12.0. The van der Waals surface area contributed by atoms with E-state index in [4.69, 9.17) is 4.74 Å². The van der Waals surface area contributed by atoms with Gasteiger partial charge >= 0.3 is 6.09 Å². The zero-order chi connectivity index (χ0) is 15.5. The molecule has 0 spiro atoms. The molecule has 5 heteroatoms. The summed E-state index contributed by atoms with van der Waals surface area (Å²) in [5.74, 6) is 0. The molecule has 1 heterocycles. The van der Waals surface area contributed by atoms with Crippen molar-refractivity contribution in [2.24, 2.45) is 0 Å². The highest BCUT2D eigenvalue weighted by Gasteiger charge is 2.40. The summed E-state index contributed by atoms with van der Waals surface area (Å²) in [5, 5.41) is 3.45. The van der Waals surface area contributed by atoms with Crippen molar-refractivity contribution in [1.82, 2.24) is 15.1 Å². The fraction of sp³-hybridized carbons (Fsp3) is 0.938. The maximum Gasteiger partial charge on any atom is 0.410 e. The van der Waals surface area contributed by atoms with Crippen LogP contribution in [0.1, 0.15) is 46.5 Å². The summed E-state index contributed by atoms with van der Waals surface area (Å²) in [4.78, 5) is 16.3.